The zero-order chi connectivity index (χ0) is 16.1. The molecule has 0 spiro atoms. The Labute approximate surface area is 132 Å². The van der Waals surface area contributed by atoms with Crippen molar-refractivity contribution in [3.63, 3.8) is 0 Å². The third-order valence-corrected chi connectivity index (χ3v) is 3.12. The lowest BCUT2D eigenvalue weighted by atomic mass is 10.1. The number of hydrogen-bond donors (Lipinski definition) is 2. The largest absolute Gasteiger partial charge is 0.478 e. The molecule has 0 fully saturated rings. The van der Waals surface area contributed by atoms with E-state index in [0.29, 0.717) is 18.2 Å². The molecule has 0 bridgehead atoms. The van der Waals surface area contributed by atoms with Gasteiger partial charge in [-0.3, -0.25) is 9.89 Å². The highest BCUT2D eigenvalue weighted by Crippen LogP contribution is 2.19. The number of rotatable bonds is 5. The molecule has 1 amide bonds. The summed E-state index contributed by atoms with van der Waals surface area (Å²) >= 11 is 0. The first-order chi connectivity index (χ1) is 11.3. The van der Waals surface area contributed by atoms with Gasteiger partial charge < -0.3 is 10.1 Å². The molecule has 2 heterocycles. The molecule has 0 aliphatic carbocycles. The maximum absolute atomic E-state index is 12.2. The number of carbonyl (C=O) groups is 1. The van der Waals surface area contributed by atoms with Crippen molar-refractivity contribution in [2.24, 2.45) is 0 Å². The second-order valence-corrected chi connectivity index (χ2v) is 4.68. The molecule has 0 atom stereocenters. The second kappa shape index (κ2) is 6.69. The van der Waals surface area contributed by atoms with E-state index in [1.54, 1.807) is 6.20 Å². The number of ether oxygens (including phenoxy) is 1. The summed E-state index contributed by atoms with van der Waals surface area (Å²) in [6.45, 7) is 2.33. The molecule has 2 N–H and O–H groups in total. The Kier molecular flexibility index (Phi) is 4.28. The van der Waals surface area contributed by atoms with E-state index in [1.807, 2.05) is 37.3 Å². The fraction of sp³-hybridized carbons (Fsp3) is 0.125. The molecule has 0 aliphatic heterocycles. The van der Waals surface area contributed by atoms with Gasteiger partial charge in [0, 0.05) is 18.0 Å². The smallest absolute Gasteiger partial charge is 0.274 e. The number of anilines is 1. The number of hydrogen-bond acceptors (Lipinski definition) is 5. The minimum absolute atomic E-state index is 0.251. The van der Waals surface area contributed by atoms with Gasteiger partial charge in [-0.15, -0.1) is 0 Å². The molecule has 7 nitrogen and oxygen atoms in total. The first-order valence-corrected chi connectivity index (χ1v) is 7.12. The highest BCUT2D eigenvalue weighted by Gasteiger charge is 2.10. The molecule has 23 heavy (non-hydrogen) atoms. The van der Waals surface area contributed by atoms with Crippen LogP contribution in [-0.4, -0.2) is 32.7 Å². The number of benzene rings is 1. The Morgan fingerprint density at radius 2 is 2.04 bits per heavy atom. The monoisotopic (exact) mass is 309 g/mol. The van der Waals surface area contributed by atoms with Crippen LogP contribution in [0.3, 0.4) is 0 Å². The molecule has 2 aromatic heterocycles. The Morgan fingerprint density at radius 1 is 1.22 bits per heavy atom. The molecule has 0 saturated carbocycles. The fourth-order valence-corrected chi connectivity index (χ4v) is 2.04. The summed E-state index contributed by atoms with van der Waals surface area (Å²) < 4.78 is 5.26. The Hall–Kier alpha value is -3.22. The highest BCUT2D eigenvalue weighted by molar-refractivity contribution is 6.03. The molecule has 1 aromatic carbocycles. The number of aromatic nitrogens is 4. The normalized spacial score (nSPS) is 10.3. The van der Waals surface area contributed by atoms with Crippen molar-refractivity contribution in [2.75, 3.05) is 11.9 Å². The van der Waals surface area contributed by atoms with Crippen LogP contribution in [0.1, 0.15) is 17.4 Å². The average Bonchev–Trinajstić information content (AvgIpc) is 3.11. The lowest BCUT2D eigenvalue weighted by Crippen LogP contribution is -2.14. The molecule has 0 saturated heterocycles. The summed E-state index contributed by atoms with van der Waals surface area (Å²) in [7, 11) is 0. The highest BCUT2D eigenvalue weighted by atomic mass is 16.5. The number of carbonyl (C=O) groups excluding carboxylic acids is 1. The van der Waals surface area contributed by atoms with Crippen molar-refractivity contribution in [3.05, 3.63) is 54.6 Å². The summed E-state index contributed by atoms with van der Waals surface area (Å²) in [6, 6.07) is 10.8. The molecule has 3 aromatic rings. The predicted molar refractivity (Wildman–Crippen MR) is 85.2 cm³/mol. The van der Waals surface area contributed by atoms with Gasteiger partial charge in [0.05, 0.1) is 12.3 Å². The van der Waals surface area contributed by atoms with Crippen LogP contribution in [0.4, 0.5) is 5.69 Å². The summed E-state index contributed by atoms with van der Waals surface area (Å²) in [5.41, 5.74) is 2.83. The van der Waals surface area contributed by atoms with Gasteiger partial charge in [0.15, 0.2) is 0 Å². The van der Waals surface area contributed by atoms with Crippen molar-refractivity contribution in [3.8, 4) is 17.1 Å². The van der Waals surface area contributed by atoms with Crippen LogP contribution in [0.5, 0.6) is 5.88 Å². The van der Waals surface area contributed by atoms with E-state index in [9.17, 15) is 4.79 Å². The van der Waals surface area contributed by atoms with Crippen molar-refractivity contribution >= 4 is 11.6 Å². The van der Waals surface area contributed by atoms with Crippen molar-refractivity contribution in [2.45, 2.75) is 6.92 Å². The van der Waals surface area contributed by atoms with Gasteiger partial charge in [-0.1, -0.05) is 12.1 Å². The van der Waals surface area contributed by atoms with Crippen LogP contribution in [0.25, 0.3) is 11.3 Å². The molecular weight excluding hydrogens is 294 g/mol. The lowest BCUT2D eigenvalue weighted by molar-refractivity contribution is 0.102. The summed E-state index contributed by atoms with van der Waals surface area (Å²) in [5.74, 6) is 0.0601. The molecular formula is C16H15N5O2. The van der Waals surface area contributed by atoms with Crippen LogP contribution in [0, 0.1) is 0 Å². The molecule has 116 valence electrons. The maximum Gasteiger partial charge on any atom is 0.274 e. The van der Waals surface area contributed by atoms with Crippen LogP contribution >= 0.6 is 0 Å². The summed E-state index contributed by atoms with van der Waals surface area (Å²) in [5, 5.41) is 9.59. The number of H-pyrrole nitrogens is 1. The fourth-order valence-electron chi connectivity index (χ4n) is 2.04. The second-order valence-electron chi connectivity index (χ2n) is 4.68. The lowest BCUT2D eigenvalue weighted by Gasteiger charge is -2.07. The topological polar surface area (TPSA) is 92.8 Å². The number of nitrogens with one attached hydrogen (secondary N) is 2. The van der Waals surface area contributed by atoms with Gasteiger partial charge >= 0.3 is 0 Å². The molecule has 7 heteroatoms. The van der Waals surface area contributed by atoms with Gasteiger partial charge in [-0.25, -0.2) is 9.97 Å². The number of nitrogens with zero attached hydrogens (tertiary/aromatic N) is 3. The van der Waals surface area contributed by atoms with Gasteiger partial charge in [-0.05, 0) is 30.7 Å². The SMILES string of the molecule is CCOc1cc(C(=O)Nc2ccc(-c3ccn[nH]3)cc2)ncn1. The van der Waals surface area contributed by atoms with E-state index in [0.717, 1.165) is 11.3 Å². The molecule has 0 unspecified atom stereocenters. The van der Waals surface area contributed by atoms with E-state index >= 15 is 0 Å². The molecule has 0 radical (unpaired) electrons. The van der Waals surface area contributed by atoms with E-state index in [4.69, 9.17) is 4.74 Å². The van der Waals surface area contributed by atoms with Crippen LogP contribution in [-0.2, 0) is 0 Å². The maximum atomic E-state index is 12.2. The van der Waals surface area contributed by atoms with E-state index in [1.165, 1.54) is 12.4 Å². The zero-order valence-corrected chi connectivity index (χ0v) is 12.5. The molecule has 0 aliphatic rings. The minimum atomic E-state index is -0.317. The third kappa shape index (κ3) is 3.52. The first-order valence-electron chi connectivity index (χ1n) is 7.12. The standard InChI is InChI=1S/C16H15N5O2/c1-2-23-15-9-14(17-10-18-15)16(22)20-12-5-3-11(4-6-12)13-7-8-19-21-13/h3-10H,2H2,1H3,(H,19,21)(H,20,22). The van der Waals surface area contributed by atoms with Gasteiger partial charge in [0.2, 0.25) is 5.88 Å². The van der Waals surface area contributed by atoms with Crippen molar-refractivity contribution < 1.29 is 9.53 Å². The Bertz CT molecular complexity index is 784. The zero-order valence-electron chi connectivity index (χ0n) is 12.5. The Balaban J connectivity index is 1.71. The van der Waals surface area contributed by atoms with Crippen LogP contribution < -0.4 is 10.1 Å². The van der Waals surface area contributed by atoms with E-state index < -0.39 is 0 Å². The predicted octanol–water partition coefficient (Wildman–Crippen LogP) is 2.52. The molecule has 3 rings (SSSR count). The third-order valence-electron chi connectivity index (χ3n) is 3.12. The van der Waals surface area contributed by atoms with E-state index in [-0.39, 0.29) is 11.6 Å². The number of aromatic amines is 1. The minimum Gasteiger partial charge on any atom is -0.478 e. The van der Waals surface area contributed by atoms with Crippen molar-refractivity contribution in [1.29, 1.82) is 0 Å². The average molecular weight is 309 g/mol. The van der Waals surface area contributed by atoms with Gasteiger partial charge in [0.25, 0.3) is 5.91 Å². The van der Waals surface area contributed by atoms with Gasteiger partial charge in [-0.2, -0.15) is 5.10 Å². The Morgan fingerprint density at radius 3 is 2.74 bits per heavy atom. The van der Waals surface area contributed by atoms with Gasteiger partial charge in [0.1, 0.15) is 12.0 Å². The first kappa shape index (κ1) is 14.7. The quantitative estimate of drug-likeness (QED) is 0.755. The van der Waals surface area contributed by atoms with Crippen LogP contribution in [0.2, 0.25) is 0 Å². The van der Waals surface area contributed by atoms with Crippen molar-refractivity contribution in [1.82, 2.24) is 20.2 Å². The summed E-state index contributed by atoms with van der Waals surface area (Å²) in [4.78, 5) is 20.1. The summed E-state index contributed by atoms with van der Waals surface area (Å²) in [6.07, 6.45) is 3.00. The van der Waals surface area contributed by atoms with Crippen LogP contribution in [0.15, 0.2) is 48.9 Å². The van der Waals surface area contributed by atoms with E-state index in [2.05, 4.69) is 25.5 Å². The number of amides is 1.